The van der Waals surface area contributed by atoms with Crippen LogP contribution in [0, 0.1) is 0 Å². The van der Waals surface area contributed by atoms with Gasteiger partial charge < -0.3 is 5.32 Å². The normalized spacial score (nSPS) is 18.5. The largest absolute Gasteiger partial charge is 0.401 e. The van der Waals surface area contributed by atoms with Gasteiger partial charge in [-0.05, 0) is 13.0 Å². The Morgan fingerprint density at radius 3 is 2.59 bits per heavy atom. The maximum Gasteiger partial charge on any atom is 0.401 e. The Balaban J connectivity index is 1.79. The Kier molecular flexibility index (Phi) is 5.08. The fraction of sp³-hybridized carbons (Fsp3) is 0.294. The van der Waals surface area contributed by atoms with Gasteiger partial charge in [0, 0.05) is 18.8 Å². The molecule has 0 spiro atoms. The second-order valence-electron chi connectivity index (χ2n) is 7.14. The number of halogens is 7. The van der Waals surface area contributed by atoms with Gasteiger partial charge in [0.2, 0.25) is 0 Å². The number of anilines is 2. The topological polar surface area (TPSA) is 84.5 Å². The Morgan fingerprint density at radius 1 is 1.28 bits per heavy atom. The number of alkyl halides is 5. The number of hydrogen-bond acceptors (Lipinski definition) is 4. The Bertz CT molecular complexity index is 1310. The maximum atomic E-state index is 14.1. The van der Waals surface area contributed by atoms with Crippen molar-refractivity contribution in [2.75, 3.05) is 16.8 Å². The number of nitrogens with zero attached hydrogens (tertiary/aromatic N) is 5. The van der Waals surface area contributed by atoms with Gasteiger partial charge in [-0.3, -0.25) is 14.3 Å². The molecule has 1 aliphatic rings. The molecule has 3 aromatic heterocycles. The summed E-state index contributed by atoms with van der Waals surface area (Å²) < 4.78 is 69.2. The van der Waals surface area contributed by atoms with Crippen molar-refractivity contribution in [3.05, 3.63) is 50.7 Å². The van der Waals surface area contributed by atoms with E-state index in [-0.39, 0.29) is 32.4 Å². The molecule has 4 rings (SSSR count). The van der Waals surface area contributed by atoms with Crippen LogP contribution in [0.25, 0.3) is 5.65 Å². The highest BCUT2D eigenvalue weighted by Crippen LogP contribution is 2.50. The van der Waals surface area contributed by atoms with Gasteiger partial charge in [-0.2, -0.15) is 27.1 Å². The van der Waals surface area contributed by atoms with Gasteiger partial charge in [-0.25, -0.2) is 14.3 Å². The number of pyridine rings is 1. The van der Waals surface area contributed by atoms with Crippen LogP contribution in [-0.4, -0.2) is 37.9 Å². The molecule has 0 radical (unpaired) electrons. The summed E-state index contributed by atoms with van der Waals surface area (Å²) in [6.45, 7) is -3.21. The summed E-state index contributed by atoms with van der Waals surface area (Å²) in [5, 5.41) is 5.33. The number of carbonyl (C=O) groups excluding carboxylic acids is 1. The van der Waals surface area contributed by atoms with E-state index in [0.717, 1.165) is 28.6 Å². The third kappa shape index (κ3) is 3.35. The smallest absolute Gasteiger partial charge is 0.306 e. The number of rotatable bonds is 2. The first-order valence-corrected chi connectivity index (χ1v) is 9.49. The first kappa shape index (κ1) is 22.3. The predicted octanol–water partition coefficient (Wildman–Crippen LogP) is 4.47. The first-order valence-electron chi connectivity index (χ1n) is 8.73. The summed E-state index contributed by atoms with van der Waals surface area (Å²) in [6, 6.07) is 1.08. The summed E-state index contributed by atoms with van der Waals surface area (Å²) in [6.07, 6.45) is -3.10. The Hall–Kier alpha value is -2.93. The minimum atomic E-state index is -4.80. The van der Waals surface area contributed by atoms with Crippen LogP contribution in [-0.2, 0) is 5.41 Å². The molecular weight excluding hydrogens is 486 g/mol. The number of nitrogens with one attached hydrogen (secondary N) is 1. The lowest BCUT2D eigenvalue weighted by atomic mass is 9.88. The average molecular weight is 497 g/mol. The standard InChI is InChI=1S/C17H11Cl2F5N6O2/c1-16(17(22,23)24)6-29(9-4-25-11-3-10(19)27-30(11)12(9)16)15(32)26-7-2-8(18)13(31)28(5-7)14(20)21/h2-5,14H,6H2,1H3,(H,26,32)/t16-/m1/s1. The highest BCUT2D eigenvalue weighted by molar-refractivity contribution is 6.30. The second kappa shape index (κ2) is 7.30. The number of hydrogen-bond donors (Lipinski definition) is 1. The van der Waals surface area contributed by atoms with Crippen LogP contribution < -0.4 is 15.8 Å². The number of fused-ring (bicyclic) bond motifs is 3. The van der Waals surface area contributed by atoms with E-state index >= 15 is 0 Å². The Morgan fingerprint density at radius 2 is 1.97 bits per heavy atom. The van der Waals surface area contributed by atoms with Crippen LogP contribution in [0.3, 0.4) is 0 Å². The molecule has 0 bridgehead atoms. The highest BCUT2D eigenvalue weighted by Gasteiger charge is 2.60. The Labute approximate surface area is 185 Å². The van der Waals surface area contributed by atoms with Gasteiger partial charge in [-0.1, -0.05) is 23.2 Å². The molecule has 3 aromatic rings. The van der Waals surface area contributed by atoms with Gasteiger partial charge in [0.15, 0.2) is 10.8 Å². The third-order valence-electron chi connectivity index (χ3n) is 5.05. The lowest BCUT2D eigenvalue weighted by Gasteiger charge is -2.28. The molecule has 0 aliphatic carbocycles. The summed E-state index contributed by atoms with van der Waals surface area (Å²) in [7, 11) is 0. The second-order valence-corrected chi connectivity index (χ2v) is 7.94. The average Bonchev–Trinajstić information content (AvgIpc) is 3.21. The van der Waals surface area contributed by atoms with Gasteiger partial charge >= 0.3 is 18.8 Å². The molecule has 170 valence electrons. The first-order chi connectivity index (χ1) is 14.8. The lowest BCUT2D eigenvalue weighted by Crippen LogP contribution is -2.46. The summed E-state index contributed by atoms with van der Waals surface area (Å²) >= 11 is 11.5. The molecule has 2 amide bonds. The van der Waals surface area contributed by atoms with Crippen LogP contribution in [0.2, 0.25) is 10.2 Å². The van der Waals surface area contributed by atoms with Crippen LogP contribution in [0.1, 0.15) is 19.2 Å². The molecule has 8 nitrogen and oxygen atoms in total. The molecular formula is C17H11Cl2F5N6O2. The zero-order chi connectivity index (χ0) is 23.6. The molecule has 32 heavy (non-hydrogen) atoms. The minimum absolute atomic E-state index is 0.0213. The summed E-state index contributed by atoms with van der Waals surface area (Å²) in [4.78, 5) is 29.3. The summed E-state index contributed by atoms with van der Waals surface area (Å²) in [5.41, 5.74) is -4.59. The van der Waals surface area contributed by atoms with Crippen molar-refractivity contribution in [2.45, 2.75) is 25.1 Å². The quantitative estimate of drug-likeness (QED) is 0.530. The lowest BCUT2D eigenvalue weighted by molar-refractivity contribution is -0.181. The van der Waals surface area contributed by atoms with E-state index in [4.69, 9.17) is 23.2 Å². The van der Waals surface area contributed by atoms with E-state index in [0.29, 0.717) is 6.20 Å². The zero-order valence-electron chi connectivity index (χ0n) is 15.8. The number of aromatic nitrogens is 4. The van der Waals surface area contributed by atoms with E-state index < -0.39 is 41.3 Å². The molecule has 1 aliphatic heterocycles. The van der Waals surface area contributed by atoms with Crippen molar-refractivity contribution in [3.63, 3.8) is 0 Å². The zero-order valence-corrected chi connectivity index (χ0v) is 17.3. The molecule has 0 aromatic carbocycles. The van der Waals surface area contributed by atoms with E-state index in [1.807, 2.05) is 0 Å². The van der Waals surface area contributed by atoms with Crippen molar-refractivity contribution in [1.82, 2.24) is 19.2 Å². The van der Waals surface area contributed by atoms with E-state index in [9.17, 15) is 31.5 Å². The van der Waals surface area contributed by atoms with Crippen LogP contribution in [0.5, 0.6) is 0 Å². The molecule has 4 heterocycles. The molecule has 15 heteroatoms. The van der Waals surface area contributed by atoms with Gasteiger partial charge in [0.25, 0.3) is 5.56 Å². The van der Waals surface area contributed by atoms with E-state index in [2.05, 4.69) is 15.4 Å². The van der Waals surface area contributed by atoms with Crippen LogP contribution >= 0.6 is 23.2 Å². The molecule has 0 saturated heterocycles. The molecule has 0 saturated carbocycles. The highest BCUT2D eigenvalue weighted by atomic mass is 35.5. The SMILES string of the molecule is C[C@@]1(C(F)(F)F)CN(C(=O)Nc2cc(Cl)c(=O)n(C(F)F)c2)c2cnc3cc(Cl)nn3c21. The van der Waals surface area contributed by atoms with Gasteiger partial charge in [0.1, 0.15) is 10.4 Å². The minimum Gasteiger partial charge on any atom is -0.306 e. The monoisotopic (exact) mass is 496 g/mol. The predicted molar refractivity (Wildman–Crippen MR) is 105 cm³/mol. The van der Waals surface area contributed by atoms with Crippen molar-refractivity contribution in [2.24, 2.45) is 0 Å². The number of amides is 2. The molecule has 1 N–H and O–H groups in total. The molecule has 1 atom stereocenters. The number of carbonyl (C=O) groups is 1. The van der Waals surface area contributed by atoms with Crippen LogP contribution in [0.4, 0.5) is 38.1 Å². The van der Waals surface area contributed by atoms with E-state index in [1.54, 1.807) is 0 Å². The van der Waals surface area contributed by atoms with Crippen molar-refractivity contribution < 1.29 is 26.7 Å². The molecule has 0 unspecified atom stereocenters. The maximum absolute atomic E-state index is 14.1. The van der Waals surface area contributed by atoms with Crippen LogP contribution in [0.15, 0.2) is 29.3 Å². The molecule has 0 fully saturated rings. The van der Waals surface area contributed by atoms with E-state index in [1.165, 1.54) is 6.07 Å². The van der Waals surface area contributed by atoms with Crippen molar-refractivity contribution in [3.8, 4) is 0 Å². The van der Waals surface area contributed by atoms with Crippen molar-refractivity contribution in [1.29, 1.82) is 0 Å². The third-order valence-corrected chi connectivity index (χ3v) is 5.51. The summed E-state index contributed by atoms with van der Waals surface area (Å²) in [5.74, 6) is 0. The van der Waals surface area contributed by atoms with Gasteiger partial charge in [-0.15, -0.1) is 0 Å². The fourth-order valence-electron chi connectivity index (χ4n) is 3.46. The number of urea groups is 1. The van der Waals surface area contributed by atoms with Gasteiger partial charge in [0.05, 0.1) is 23.3 Å². The van der Waals surface area contributed by atoms with Crippen molar-refractivity contribution >= 4 is 46.3 Å². The fourth-order valence-corrected chi connectivity index (χ4v) is 3.85.